The molecule has 0 aliphatic rings. The Morgan fingerprint density at radius 1 is 1.19 bits per heavy atom. The van der Waals surface area contributed by atoms with E-state index < -0.39 is 29.4 Å². The summed E-state index contributed by atoms with van der Waals surface area (Å²) in [6.07, 6.45) is -3.89. The summed E-state index contributed by atoms with van der Waals surface area (Å²) in [6, 6.07) is 4.72. The molecule has 0 aliphatic carbocycles. The summed E-state index contributed by atoms with van der Waals surface area (Å²) in [5.41, 5.74) is -1.95. The van der Waals surface area contributed by atoms with Gasteiger partial charge in [0.2, 0.25) is 5.91 Å². The Morgan fingerprint density at radius 2 is 1.89 bits per heavy atom. The molecule has 0 saturated carbocycles. The SMILES string of the molecule is CC(=O)Nc1cc2c(cn1)c(C(F)(F)F)nn2-c1cccc(C(C)(F)F)n1. The first kappa shape index (κ1) is 18.7. The van der Waals surface area contributed by atoms with Crippen molar-refractivity contribution in [2.45, 2.75) is 25.9 Å². The number of halogens is 5. The van der Waals surface area contributed by atoms with E-state index in [1.165, 1.54) is 19.1 Å². The van der Waals surface area contributed by atoms with Gasteiger partial charge in [-0.15, -0.1) is 0 Å². The minimum Gasteiger partial charge on any atom is -0.311 e. The third-order valence-electron chi connectivity index (χ3n) is 3.54. The van der Waals surface area contributed by atoms with Crippen LogP contribution in [0, 0.1) is 0 Å². The molecule has 0 aromatic carbocycles. The molecule has 142 valence electrons. The first-order chi connectivity index (χ1) is 12.5. The van der Waals surface area contributed by atoms with Crippen LogP contribution >= 0.6 is 0 Å². The Labute approximate surface area is 149 Å². The van der Waals surface area contributed by atoms with Crippen molar-refractivity contribution in [2.75, 3.05) is 5.32 Å². The number of carbonyl (C=O) groups is 1. The van der Waals surface area contributed by atoms with Crippen molar-refractivity contribution in [1.29, 1.82) is 0 Å². The average molecular weight is 385 g/mol. The molecule has 1 N–H and O–H groups in total. The molecule has 1 amide bonds. The molecule has 0 unspecified atom stereocenters. The molecule has 3 aromatic rings. The fraction of sp³-hybridized carbons (Fsp3) is 0.250. The number of anilines is 1. The van der Waals surface area contributed by atoms with Gasteiger partial charge < -0.3 is 5.32 Å². The summed E-state index contributed by atoms with van der Waals surface area (Å²) in [6.45, 7) is 1.83. The Hall–Kier alpha value is -3.11. The molecule has 3 rings (SSSR count). The van der Waals surface area contributed by atoms with Crippen LogP contribution in [0.3, 0.4) is 0 Å². The van der Waals surface area contributed by atoms with Crippen LogP contribution < -0.4 is 5.32 Å². The summed E-state index contributed by atoms with van der Waals surface area (Å²) < 4.78 is 67.8. The van der Waals surface area contributed by atoms with Gasteiger partial charge in [-0.2, -0.15) is 27.1 Å². The van der Waals surface area contributed by atoms with Gasteiger partial charge in [0.25, 0.3) is 5.92 Å². The Bertz CT molecular complexity index is 1020. The van der Waals surface area contributed by atoms with Crippen molar-refractivity contribution in [3.05, 3.63) is 41.9 Å². The maximum absolute atomic E-state index is 13.5. The van der Waals surface area contributed by atoms with Crippen molar-refractivity contribution >= 4 is 22.6 Å². The van der Waals surface area contributed by atoms with E-state index in [1.807, 2.05) is 0 Å². The first-order valence-electron chi connectivity index (χ1n) is 7.56. The van der Waals surface area contributed by atoms with E-state index in [9.17, 15) is 26.7 Å². The quantitative estimate of drug-likeness (QED) is 0.694. The van der Waals surface area contributed by atoms with Crippen LogP contribution in [0.15, 0.2) is 30.5 Å². The van der Waals surface area contributed by atoms with Gasteiger partial charge in [-0.3, -0.25) is 4.79 Å². The zero-order valence-corrected chi connectivity index (χ0v) is 14.0. The fourth-order valence-electron chi connectivity index (χ4n) is 2.43. The Morgan fingerprint density at radius 3 is 2.48 bits per heavy atom. The second-order valence-corrected chi connectivity index (χ2v) is 5.80. The molecule has 3 heterocycles. The van der Waals surface area contributed by atoms with Crippen molar-refractivity contribution in [1.82, 2.24) is 19.7 Å². The van der Waals surface area contributed by atoms with Crippen LogP contribution in [0.2, 0.25) is 0 Å². The number of pyridine rings is 2. The lowest BCUT2D eigenvalue weighted by molar-refractivity contribution is -0.140. The first-order valence-corrected chi connectivity index (χ1v) is 7.56. The third kappa shape index (κ3) is 3.71. The summed E-state index contributed by atoms with van der Waals surface area (Å²) >= 11 is 0. The highest BCUT2D eigenvalue weighted by atomic mass is 19.4. The van der Waals surface area contributed by atoms with Gasteiger partial charge in [0, 0.05) is 26.1 Å². The van der Waals surface area contributed by atoms with Crippen molar-refractivity contribution < 1.29 is 26.7 Å². The van der Waals surface area contributed by atoms with Gasteiger partial charge in [0.1, 0.15) is 11.5 Å². The largest absolute Gasteiger partial charge is 0.435 e. The third-order valence-corrected chi connectivity index (χ3v) is 3.54. The van der Waals surface area contributed by atoms with Gasteiger partial charge >= 0.3 is 6.18 Å². The van der Waals surface area contributed by atoms with Crippen LogP contribution in [0.5, 0.6) is 0 Å². The number of rotatable bonds is 3. The number of hydrogen-bond acceptors (Lipinski definition) is 4. The molecule has 6 nitrogen and oxygen atoms in total. The molecular weight excluding hydrogens is 373 g/mol. The standard InChI is InChI=1S/C16H12F5N5O/c1-8(27)23-12-6-10-9(7-22-12)14(16(19,20)21)25-26(10)13-5-3-4-11(24-13)15(2,17)18/h3-7H,1-2H3,(H,22,23,27). The van der Waals surface area contributed by atoms with E-state index >= 15 is 0 Å². The van der Waals surface area contributed by atoms with Crippen LogP contribution in [0.1, 0.15) is 25.2 Å². The Balaban J connectivity index is 2.26. The lowest BCUT2D eigenvalue weighted by Crippen LogP contribution is -2.13. The fourth-order valence-corrected chi connectivity index (χ4v) is 2.43. The van der Waals surface area contributed by atoms with E-state index in [2.05, 4.69) is 20.4 Å². The molecule has 27 heavy (non-hydrogen) atoms. The number of nitrogens with one attached hydrogen (secondary N) is 1. The van der Waals surface area contributed by atoms with E-state index in [-0.39, 0.29) is 22.5 Å². The van der Waals surface area contributed by atoms with E-state index in [0.29, 0.717) is 6.92 Å². The average Bonchev–Trinajstić information content (AvgIpc) is 2.92. The summed E-state index contributed by atoms with van der Waals surface area (Å²) in [4.78, 5) is 18.7. The molecule has 3 aromatic heterocycles. The van der Waals surface area contributed by atoms with Crippen molar-refractivity contribution in [3.8, 4) is 5.82 Å². The molecule has 0 atom stereocenters. The normalized spacial score (nSPS) is 12.4. The summed E-state index contributed by atoms with van der Waals surface area (Å²) in [7, 11) is 0. The minimum absolute atomic E-state index is 0.0122. The minimum atomic E-state index is -4.80. The van der Waals surface area contributed by atoms with Gasteiger partial charge in [0.05, 0.1) is 10.9 Å². The van der Waals surface area contributed by atoms with E-state index in [4.69, 9.17) is 0 Å². The van der Waals surface area contributed by atoms with Gasteiger partial charge in [-0.25, -0.2) is 14.6 Å². The molecule has 0 radical (unpaired) electrons. The summed E-state index contributed by atoms with van der Waals surface area (Å²) in [5, 5.41) is 5.50. The number of fused-ring (bicyclic) bond motifs is 1. The number of carbonyl (C=O) groups excluding carboxylic acids is 1. The van der Waals surface area contributed by atoms with Crippen LogP contribution in [0.25, 0.3) is 16.7 Å². The van der Waals surface area contributed by atoms with Gasteiger partial charge in [-0.05, 0) is 12.1 Å². The molecule has 0 aliphatic heterocycles. The molecule has 0 bridgehead atoms. The van der Waals surface area contributed by atoms with Gasteiger partial charge in [0.15, 0.2) is 11.5 Å². The van der Waals surface area contributed by atoms with E-state index in [1.54, 1.807) is 0 Å². The highest BCUT2D eigenvalue weighted by Gasteiger charge is 2.37. The lowest BCUT2D eigenvalue weighted by Gasteiger charge is -2.11. The van der Waals surface area contributed by atoms with E-state index in [0.717, 1.165) is 23.0 Å². The number of nitrogens with zero attached hydrogens (tertiary/aromatic N) is 4. The Kier molecular flexibility index (Phi) is 4.32. The monoisotopic (exact) mass is 385 g/mol. The second-order valence-electron chi connectivity index (χ2n) is 5.80. The van der Waals surface area contributed by atoms with Crippen LogP contribution in [0.4, 0.5) is 27.8 Å². The zero-order chi connectivity index (χ0) is 20.0. The predicted octanol–water partition coefficient (Wildman–Crippen LogP) is 3.90. The summed E-state index contributed by atoms with van der Waals surface area (Å²) in [5.74, 6) is -4.00. The predicted molar refractivity (Wildman–Crippen MR) is 85.5 cm³/mol. The van der Waals surface area contributed by atoms with Gasteiger partial charge in [-0.1, -0.05) is 6.07 Å². The highest BCUT2D eigenvalue weighted by Crippen LogP contribution is 2.35. The highest BCUT2D eigenvalue weighted by molar-refractivity contribution is 5.91. The van der Waals surface area contributed by atoms with Crippen LogP contribution in [-0.4, -0.2) is 25.7 Å². The maximum Gasteiger partial charge on any atom is 0.435 e. The smallest absolute Gasteiger partial charge is 0.311 e. The lowest BCUT2D eigenvalue weighted by atomic mass is 10.2. The van der Waals surface area contributed by atoms with Crippen LogP contribution in [-0.2, 0) is 16.9 Å². The van der Waals surface area contributed by atoms with Crippen molar-refractivity contribution in [3.63, 3.8) is 0 Å². The number of hydrogen-bond donors (Lipinski definition) is 1. The molecular formula is C16H12F5N5O. The molecule has 0 fully saturated rings. The van der Waals surface area contributed by atoms with Crippen molar-refractivity contribution in [2.24, 2.45) is 0 Å². The molecule has 0 saturated heterocycles. The number of amides is 1. The molecule has 11 heteroatoms. The topological polar surface area (TPSA) is 72.7 Å². The zero-order valence-electron chi connectivity index (χ0n) is 14.0. The number of alkyl halides is 5. The molecule has 0 spiro atoms. The number of aromatic nitrogens is 4. The maximum atomic E-state index is 13.5. The second kappa shape index (κ2) is 6.25.